The fraction of sp³-hybridized carbons (Fsp3) is 0.118. The second-order valence-electron chi connectivity index (χ2n) is 4.99. The Balaban J connectivity index is 1.70. The van der Waals surface area contributed by atoms with E-state index < -0.39 is 6.09 Å². The zero-order valence-electron chi connectivity index (χ0n) is 12.9. The van der Waals surface area contributed by atoms with Gasteiger partial charge in [-0.1, -0.05) is 36.4 Å². The highest BCUT2D eigenvalue weighted by molar-refractivity contribution is 7.14. The molecule has 0 aliphatic rings. The number of nitrogens with zero attached hydrogens (tertiary/aromatic N) is 1. The van der Waals surface area contributed by atoms with Gasteiger partial charge in [-0.2, -0.15) is 0 Å². The molecule has 2 amide bonds. The van der Waals surface area contributed by atoms with Crippen LogP contribution in [0.15, 0.2) is 47.8 Å². The Morgan fingerprint density at radius 3 is 2.75 bits per heavy atom. The van der Waals surface area contributed by atoms with E-state index in [1.165, 1.54) is 23.8 Å². The van der Waals surface area contributed by atoms with Crippen LogP contribution in [0.2, 0.25) is 0 Å². The van der Waals surface area contributed by atoms with E-state index in [0.29, 0.717) is 5.13 Å². The Morgan fingerprint density at radius 2 is 1.96 bits per heavy atom. The zero-order chi connectivity index (χ0) is 16.9. The van der Waals surface area contributed by atoms with Crippen molar-refractivity contribution >= 4 is 39.2 Å². The third-order valence-corrected chi connectivity index (χ3v) is 4.13. The predicted octanol–water partition coefficient (Wildman–Crippen LogP) is 3.26. The molecule has 0 radical (unpaired) electrons. The number of aromatic nitrogens is 1. The molecule has 3 aromatic rings. The fourth-order valence-electron chi connectivity index (χ4n) is 2.20. The molecule has 1 aromatic heterocycles. The molecule has 0 saturated carbocycles. The molecule has 6 nitrogen and oxygen atoms in total. The number of carbonyl (C=O) groups is 2. The largest absolute Gasteiger partial charge is 0.453 e. The van der Waals surface area contributed by atoms with Crippen molar-refractivity contribution in [3.05, 3.63) is 47.8 Å². The minimum atomic E-state index is -0.652. The summed E-state index contributed by atoms with van der Waals surface area (Å²) < 4.78 is 4.40. The monoisotopic (exact) mass is 341 g/mol. The molecular formula is C17H15N3O3S. The van der Waals surface area contributed by atoms with Gasteiger partial charge < -0.3 is 15.4 Å². The van der Waals surface area contributed by atoms with Crippen LogP contribution in [0.3, 0.4) is 0 Å². The number of nitrogens with one attached hydrogen (secondary N) is 2. The van der Waals surface area contributed by atoms with Crippen molar-refractivity contribution in [2.24, 2.45) is 0 Å². The van der Waals surface area contributed by atoms with Crippen LogP contribution in [-0.4, -0.2) is 30.6 Å². The first-order valence-electron chi connectivity index (χ1n) is 7.22. The molecule has 2 N–H and O–H groups in total. The first kappa shape index (κ1) is 15.9. The smallest absolute Gasteiger partial charge is 0.407 e. The van der Waals surface area contributed by atoms with Crippen LogP contribution >= 0.6 is 11.3 Å². The van der Waals surface area contributed by atoms with E-state index in [9.17, 15) is 9.59 Å². The summed E-state index contributed by atoms with van der Waals surface area (Å²) in [6.07, 6.45) is -0.652. The molecule has 0 saturated heterocycles. The number of thiazole rings is 1. The van der Waals surface area contributed by atoms with Crippen LogP contribution in [-0.2, 0) is 9.53 Å². The Kier molecular flexibility index (Phi) is 4.72. The number of rotatable bonds is 4. The van der Waals surface area contributed by atoms with Crippen LogP contribution in [0.1, 0.15) is 0 Å². The number of hydrogen-bond donors (Lipinski definition) is 2. The van der Waals surface area contributed by atoms with Gasteiger partial charge in [0.1, 0.15) is 6.54 Å². The number of alkyl carbamates (subject to hydrolysis) is 1. The molecule has 0 aliphatic heterocycles. The number of ether oxygens (including phenoxy) is 1. The number of benzene rings is 2. The fourth-order valence-corrected chi connectivity index (χ4v) is 2.94. The van der Waals surface area contributed by atoms with Gasteiger partial charge >= 0.3 is 6.09 Å². The maximum absolute atomic E-state index is 11.7. The van der Waals surface area contributed by atoms with Gasteiger partial charge in [0.05, 0.1) is 12.8 Å². The third-order valence-electron chi connectivity index (χ3n) is 3.37. The van der Waals surface area contributed by atoms with E-state index >= 15 is 0 Å². The van der Waals surface area contributed by atoms with Crippen molar-refractivity contribution in [3.8, 4) is 11.3 Å². The lowest BCUT2D eigenvalue weighted by Gasteiger charge is -2.03. The summed E-state index contributed by atoms with van der Waals surface area (Å²) in [7, 11) is 1.24. The molecule has 0 atom stereocenters. The van der Waals surface area contributed by atoms with E-state index in [0.717, 1.165) is 16.6 Å². The van der Waals surface area contributed by atoms with Crippen LogP contribution < -0.4 is 10.6 Å². The van der Waals surface area contributed by atoms with E-state index in [-0.39, 0.29) is 12.5 Å². The molecule has 3 rings (SSSR count). The van der Waals surface area contributed by atoms with Crippen molar-refractivity contribution in [2.75, 3.05) is 19.0 Å². The molecule has 0 spiro atoms. The molecule has 122 valence electrons. The van der Waals surface area contributed by atoms with Crippen LogP contribution in [0, 0.1) is 0 Å². The van der Waals surface area contributed by atoms with Gasteiger partial charge in [0.25, 0.3) is 0 Å². The van der Waals surface area contributed by atoms with Gasteiger partial charge in [-0.05, 0) is 16.8 Å². The number of amides is 2. The van der Waals surface area contributed by atoms with Crippen molar-refractivity contribution in [1.29, 1.82) is 0 Å². The first-order chi connectivity index (χ1) is 11.7. The number of methoxy groups -OCH3 is 1. The molecular weight excluding hydrogens is 326 g/mol. The zero-order valence-corrected chi connectivity index (χ0v) is 13.7. The van der Waals surface area contributed by atoms with Gasteiger partial charge in [0.15, 0.2) is 5.13 Å². The van der Waals surface area contributed by atoms with Crippen LogP contribution in [0.25, 0.3) is 22.0 Å². The summed E-state index contributed by atoms with van der Waals surface area (Å²) >= 11 is 1.33. The molecule has 0 fully saturated rings. The summed E-state index contributed by atoms with van der Waals surface area (Å²) in [5, 5.41) is 9.63. The third kappa shape index (κ3) is 3.69. The van der Waals surface area contributed by atoms with Gasteiger partial charge in [0.2, 0.25) is 5.91 Å². The summed E-state index contributed by atoms with van der Waals surface area (Å²) in [5.41, 5.74) is 1.78. The first-order valence-corrected chi connectivity index (χ1v) is 8.10. The topological polar surface area (TPSA) is 80.3 Å². The maximum Gasteiger partial charge on any atom is 0.407 e. The highest BCUT2D eigenvalue weighted by atomic mass is 32.1. The van der Waals surface area contributed by atoms with Crippen molar-refractivity contribution in [3.63, 3.8) is 0 Å². The molecule has 0 bridgehead atoms. The molecule has 7 heteroatoms. The van der Waals surface area contributed by atoms with Gasteiger partial charge in [0, 0.05) is 10.9 Å². The number of hydrogen-bond acceptors (Lipinski definition) is 5. The van der Waals surface area contributed by atoms with Gasteiger partial charge in [-0.25, -0.2) is 9.78 Å². The molecule has 0 unspecified atom stereocenters. The normalized spacial score (nSPS) is 10.4. The summed E-state index contributed by atoms with van der Waals surface area (Å²) in [6.45, 7) is -0.169. The van der Waals surface area contributed by atoms with Crippen LogP contribution in [0.5, 0.6) is 0 Å². The minimum Gasteiger partial charge on any atom is -0.453 e. The molecule has 24 heavy (non-hydrogen) atoms. The summed E-state index contributed by atoms with van der Waals surface area (Å²) in [6, 6.07) is 14.2. The van der Waals surface area contributed by atoms with E-state index in [2.05, 4.69) is 32.5 Å². The van der Waals surface area contributed by atoms with E-state index in [1.54, 1.807) is 0 Å². The van der Waals surface area contributed by atoms with Crippen molar-refractivity contribution in [2.45, 2.75) is 0 Å². The standard InChI is InChI=1S/C17H15N3O3S/c1-23-17(22)18-9-15(21)20-16-19-14(10-24-16)13-7-6-11-4-2-3-5-12(11)8-13/h2-8,10H,9H2,1H3,(H,18,22)(H,19,20,21). The lowest BCUT2D eigenvalue weighted by Crippen LogP contribution is -2.32. The second kappa shape index (κ2) is 7.10. The Labute approximate surface area is 142 Å². The maximum atomic E-state index is 11.7. The average molecular weight is 341 g/mol. The predicted molar refractivity (Wildman–Crippen MR) is 94.1 cm³/mol. The summed E-state index contributed by atoms with van der Waals surface area (Å²) in [5.74, 6) is -0.361. The number of fused-ring (bicyclic) bond motifs is 1. The highest BCUT2D eigenvalue weighted by Crippen LogP contribution is 2.27. The number of carbonyl (C=O) groups excluding carboxylic acids is 2. The molecule has 2 aromatic carbocycles. The van der Waals surface area contributed by atoms with Gasteiger partial charge in [-0.15, -0.1) is 11.3 Å². The second-order valence-corrected chi connectivity index (χ2v) is 5.85. The van der Waals surface area contributed by atoms with Gasteiger partial charge in [-0.3, -0.25) is 4.79 Å². The van der Waals surface area contributed by atoms with E-state index in [1.807, 2.05) is 35.7 Å². The lowest BCUT2D eigenvalue weighted by atomic mass is 10.1. The summed E-state index contributed by atoms with van der Waals surface area (Å²) in [4.78, 5) is 27.1. The van der Waals surface area contributed by atoms with Crippen LogP contribution in [0.4, 0.5) is 9.93 Å². The van der Waals surface area contributed by atoms with Crippen molar-refractivity contribution < 1.29 is 14.3 Å². The quantitative estimate of drug-likeness (QED) is 0.763. The lowest BCUT2D eigenvalue weighted by molar-refractivity contribution is -0.115. The minimum absolute atomic E-state index is 0.169. The van der Waals surface area contributed by atoms with E-state index in [4.69, 9.17) is 0 Å². The average Bonchev–Trinajstić information content (AvgIpc) is 3.07. The Bertz CT molecular complexity index is 891. The number of anilines is 1. The Morgan fingerprint density at radius 1 is 1.17 bits per heavy atom. The SMILES string of the molecule is COC(=O)NCC(=O)Nc1nc(-c2ccc3ccccc3c2)cs1. The highest BCUT2D eigenvalue weighted by Gasteiger charge is 2.09. The molecule has 0 aliphatic carbocycles. The molecule has 1 heterocycles. The Hall–Kier alpha value is -2.93. The van der Waals surface area contributed by atoms with Crippen molar-refractivity contribution in [1.82, 2.24) is 10.3 Å².